The van der Waals surface area contributed by atoms with Crippen LogP contribution in [0.5, 0.6) is 11.5 Å². The highest BCUT2D eigenvalue weighted by Gasteiger charge is 2.13. The van der Waals surface area contributed by atoms with E-state index in [0.717, 1.165) is 5.56 Å². The summed E-state index contributed by atoms with van der Waals surface area (Å²) in [5.74, 6) is 0.428. The van der Waals surface area contributed by atoms with E-state index >= 15 is 0 Å². The summed E-state index contributed by atoms with van der Waals surface area (Å²) in [4.78, 5) is 23.2. The normalized spacial score (nSPS) is 11.5. The molecule has 0 aliphatic heterocycles. The quantitative estimate of drug-likeness (QED) is 0.544. The lowest BCUT2D eigenvalue weighted by atomic mass is 10.2. The van der Waals surface area contributed by atoms with Gasteiger partial charge in [-0.25, -0.2) is 0 Å². The van der Waals surface area contributed by atoms with Gasteiger partial charge in [0, 0.05) is 20.2 Å². The molecule has 8 heteroatoms. The van der Waals surface area contributed by atoms with Crippen LogP contribution in [-0.4, -0.2) is 51.8 Å². The van der Waals surface area contributed by atoms with E-state index in [1.807, 2.05) is 6.92 Å². The molecule has 0 saturated carbocycles. The third-order valence-corrected chi connectivity index (χ3v) is 3.11. The first-order chi connectivity index (χ1) is 11.5. The Bertz CT molecular complexity index is 551. The molecule has 1 aromatic rings. The number of benzene rings is 1. The van der Waals surface area contributed by atoms with Crippen molar-refractivity contribution in [2.45, 2.75) is 19.5 Å². The molecule has 0 radical (unpaired) electrons. The predicted octanol–water partition coefficient (Wildman–Crippen LogP) is -0.200. The molecule has 8 nitrogen and oxygen atoms in total. The minimum atomic E-state index is -0.711. The van der Waals surface area contributed by atoms with E-state index in [2.05, 4.69) is 10.6 Å². The number of carbonyl (C=O) groups is 2. The predicted molar refractivity (Wildman–Crippen MR) is 88.9 cm³/mol. The standard InChI is InChI=1S/C16H25N3O5/c1-4-18-15(20)10-24-13-6-5-11(7-14(13)23-3)8-19-16(21)12(17)9-22-2/h5-7,12H,4,8-10,17H2,1-3H3,(H,18,20)(H,19,21). The van der Waals surface area contributed by atoms with E-state index in [4.69, 9.17) is 19.9 Å². The van der Waals surface area contributed by atoms with Gasteiger partial charge in [-0.15, -0.1) is 0 Å². The Morgan fingerprint density at radius 3 is 2.58 bits per heavy atom. The van der Waals surface area contributed by atoms with Crippen LogP contribution in [0.25, 0.3) is 0 Å². The molecule has 1 aromatic carbocycles. The summed E-state index contributed by atoms with van der Waals surface area (Å²) in [6.45, 7) is 2.74. The summed E-state index contributed by atoms with van der Waals surface area (Å²) in [5, 5.41) is 5.36. The molecule has 4 N–H and O–H groups in total. The Labute approximate surface area is 141 Å². The minimum Gasteiger partial charge on any atom is -0.493 e. The number of nitrogens with one attached hydrogen (secondary N) is 2. The Morgan fingerprint density at radius 1 is 1.21 bits per heavy atom. The van der Waals surface area contributed by atoms with Gasteiger partial charge in [0.2, 0.25) is 5.91 Å². The molecule has 0 heterocycles. The zero-order valence-corrected chi connectivity index (χ0v) is 14.3. The van der Waals surface area contributed by atoms with E-state index in [0.29, 0.717) is 24.6 Å². The average molecular weight is 339 g/mol. The number of hydrogen-bond acceptors (Lipinski definition) is 6. The zero-order chi connectivity index (χ0) is 17.9. The fraction of sp³-hybridized carbons (Fsp3) is 0.500. The van der Waals surface area contributed by atoms with Gasteiger partial charge >= 0.3 is 0 Å². The maximum absolute atomic E-state index is 11.8. The number of likely N-dealkylation sites (N-methyl/N-ethyl adjacent to an activating group) is 1. The van der Waals surface area contributed by atoms with E-state index < -0.39 is 6.04 Å². The van der Waals surface area contributed by atoms with Crippen molar-refractivity contribution < 1.29 is 23.8 Å². The Hall–Kier alpha value is -2.32. The van der Waals surface area contributed by atoms with Crippen molar-refractivity contribution in [2.75, 3.05) is 34.0 Å². The van der Waals surface area contributed by atoms with Gasteiger partial charge in [-0.1, -0.05) is 6.07 Å². The van der Waals surface area contributed by atoms with E-state index in [1.165, 1.54) is 14.2 Å². The van der Waals surface area contributed by atoms with Gasteiger partial charge in [0.1, 0.15) is 6.04 Å². The number of nitrogens with two attached hydrogens (primary N) is 1. The molecule has 1 rings (SSSR count). The van der Waals surface area contributed by atoms with Crippen molar-refractivity contribution in [1.82, 2.24) is 10.6 Å². The maximum atomic E-state index is 11.8. The molecule has 0 spiro atoms. The van der Waals surface area contributed by atoms with Gasteiger partial charge in [-0.05, 0) is 24.6 Å². The first-order valence-corrected chi connectivity index (χ1v) is 7.60. The molecule has 0 bridgehead atoms. The lowest BCUT2D eigenvalue weighted by molar-refractivity contribution is -0.124. The van der Waals surface area contributed by atoms with E-state index in [9.17, 15) is 9.59 Å². The molecular weight excluding hydrogens is 314 g/mol. The molecular formula is C16H25N3O5. The fourth-order valence-corrected chi connectivity index (χ4v) is 1.91. The van der Waals surface area contributed by atoms with Gasteiger partial charge in [0.25, 0.3) is 5.91 Å². The summed E-state index contributed by atoms with van der Waals surface area (Å²) >= 11 is 0. The molecule has 0 aliphatic carbocycles. The van der Waals surface area contributed by atoms with Crippen LogP contribution in [0.3, 0.4) is 0 Å². The van der Waals surface area contributed by atoms with Crippen molar-refractivity contribution in [3.63, 3.8) is 0 Å². The number of ether oxygens (including phenoxy) is 3. The van der Waals surface area contributed by atoms with Crippen LogP contribution in [0.4, 0.5) is 0 Å². The van der Waals surface area contributed by atoms with Gasteiger partial charge in [0.05, 0.1) is 13.7 Å². The van der Waals surface area contributed by atoms with Gasteiger partial charge in [-0.2, -0.15) is 0 Å². The monoisotopic (exact) mass is 339 g/mol. The number of carbonyl (C=O) groups excluding carboxylic acids is 2. The second-order valence-corrected chi connectivity index (χ2v) is 5.01. The van der Waals surface area contributed by atoms with Crippen molar-refractivity contribution >= 4 is 11.8 Å². The third-order valence-electron chi connectivity index (χ3n) is 3.11. The minimum absolute atomic E-state index is 0.0911. The number of rotatable bonds is 10. The molecule has 24 heavy (non-hydrogen) atoms. The van der Waals surface area contributed by atoms with Crippen molar-refractivity contribution in [3.8, 4) is 11.5 Å². The Balaban J connectivity index is 2.62. The molecule has 0 aliphatic rings. The average Bonchev–Trinajstić information content (AvgIpc) is 2.58. The van der Waals surface area contributed by atoms with Crippen molar-refractivity contribution in [3.05, 3.63) is 23.8 Å². The summed E-state index contributed by atoms with van der Waals surface area (Å²) in [7, 11) is 2.99. The van der Waals surface area contributed by atoms with Crippen LogP contribution >= 0.6 is 0 Å². The zero-order valence-electron chi connectivity index (χ0n) is 14.3. The fourth-order valence-electron chi connectivity index (χ4n) is 1.91. The van der Waals surface area contributed by atoms with Crippen molar-refractivity contribution in [2.24, 2.45) is 5.73 Å². The van der Waals surface area contributed by atoms with Crippen LogP contribution in [0.15, 0.2) is 18.2 Å². The first-order valence-electron chi connectivity index (χ1n) is 7.60. The molecule has 2 amide bonds. The Morgan fingerprint density at radius 2 is 1.96 bits per heavy atom. The second kappa shape index (κ2) is 10.5. The highest BCUT2D eigenvalue weighted by Crippen LogP contribution is 2.28. The first kappa shape index (κ1) is 19.7. The molecule has 1 atom stereocenters. The van der Waals surface area contributed by atoms with Crippen LogP contribution in [0, 0.1) is 0 Å². The Kier molecular flexibility index (Phi) is 8.59. The van der Waals surface area contributed by atoms with Crippen LogP contribution in [0.2, 0.25) is 0 Å². The lowest BCUT2D eigenvalue weighted by Crippen LogP contribution is -2.43. The van der Waals surface area contributed by atoms with Crippen molar-refractivity contribution in [1.29, 1.82) is 0 Å². The maximum Gasteiger partial charge on any atom is 0.257 e. The number of methoxy groups -OCH3 is 2. The van der Waals surface area contributed by atoms with Gasteiger partial charge in [0.15, 0.2) is 18.1 Å². The third kappa shape index (κ3) is 6.43. The number of amides is 2. The SMILES string of the molecule is CCNC(=O)COc1ccc(CNC(=O)C(N)COC)cc1OC. The van der Waals surface area contributed by atoms with Crippen LogP contribution < -0.4 is 25.8 Å². The summed E-state index contributed by atoms with van der Waals surface area (Å²) in [6, 6.07) is 4.48. The molecule has 1 unspecified atom stereocenters. The van der Waals surface area contributed by atoms with E-state index in [-0.39, 0.29) is 25.0 Å². The molecule has 0 fully saturated rings. The van der Waals surface area contributed by atoms with Crippen LogP contribution in [0.1, 0.15) is 12.5 Å². The second-order valence-electron chi connectivity index (χ2n) is 5.01. The summed E-state index contributed by atoms with van der Waals surface area (Å²) in [5.41, 5.74) is 6.46. The largest absolute Gasteiger partial charge is 0.493 e. The summed E-state index contributed by atoms with van der Waals surface area (Å²) < 4.78 is 15.5. The summed E-state index contributed by atoms with van der Waals surface area (Å²) in [6.07, 6.45) is 0. The van der Waals surface area contributed by atoms with E-state index in [1.54, 1.807) is 18.2 Å². The highest BCUT2D eigenvalue weighted by atomic mass is 16.5. The van der Waals surface area contributed by atoms with Gasteiger partial charge in [-0.3, -0.25) is 9.59 Å². The molecule has 0 aromatic heterocycles. The topological polar surface area (TPSA) is 112 Å². The van der Waals surface area contributed by atoms with Gasteiger partial charge < -0.3 is 30.6 Å². The molecule has 134 valence electrons. The highest BCUT2D eigenvalue weighted by molar-refractivity contribution is 5.81. The number of hydrogen-bond donors (Lipinski definition) is 3. The lowest BCUT2D eigenvalue weighted by Gasteiger charge is -2.14. The van der Waals surface area contributed by atoms with Crippen LogP contribution in [-0.2, 0) is 20.9 Å². The molecule has 0 saturated heterocycles. The smallest absolute Gasteiger partial charge is 0.257 e.